The monoisotopic (exact) mass is 535 g/mol. The number of halogens is 1. The minimum atomic E-state index is -0.0479. The Bertz CT molecular complexity index is 1430. The number of phenolic OH excluding ortho intramolecular Hbond substituents is 1. The summed E-state index contributed by atoms with van der Waals surface area (Å²) in [6.07, 6.45) is 5.10. The number of aromatic nitrogens is 4. The molecular weight excluding hydrogens is 515 g/mol. The minimum Gasteiger partial charge on any atom is -0.504 e. The Balaban J connectivity index is 0.000000200. The van der Waals surface area contributed by atoms with E-state index in [0.29, 0.717) is 29.3 Å². The average molecular weight is 536 g/mol. The number of rotatable bonds is 4. The number of nitrogens with zero attached hydrogens (tertiary/aromatic N) is 5. The normalized spacial score (nSPS) is 10.9. The standard InChI is InChI=1S/C13H13ClN4O2.C12H8N2.Cu/c1-2-20-10-5-3-4-8(12(10)19)11(18-15)9-6-7-16-13(14)17-9;1-3-9-5-6-11-10(4-2-7-13-11)12(9)14-8-1;/h3-7,19H,2,15H2,1H3;1-8H;. The molecule has 0 spiro atoms. The van der Waals surface area contributed by atoms with Gasteiger partial charge in [-0.1, -0.05) is 18.2 Å². The molecule has 35 heavy (non-hydrogen) atoms. The number of hydrogen-bond donors (Lipinski definition) is 2. The van der Waals surface area contributed by atoms with Gasteiger partial charge in [-0.3, -0.25) is 9.97 Å². The van der Waals surface area contributed by atoms with E-state index in [1.54, 1.807) is 30.5 Å². The summed E-state index contributed by atoms with van der Waals surface area (Å²) in [5, 5.41) is 16.2. The number of pyridine rings is 2. The van der Waals surface area contributed by atoms with E-state index in [1.807, 2.05) is 31.3 Å². The minimum absolute atomic E-state index is 0. The molecule has 0 aliphatic rings. The number of ether oxygens (including phenoxy) is 1. The maximum Gasteiger partial charge on any atom is 0.222 e. The van der Waals surface area contributed by atoms with E-state index in [0.717, 1.165) is 21.8 Å². The van der Waals surface area contributed by atoms with E-state index in [4.69, 9.17) is 22.2 Å². The van der Waals surface area contributed by atoms with Crippen LogP contribution in [-0.4, -0.2) is 37.4 Å². The molecule has 1 radical (unpaired) electrons. The van der Waals surface area contributed by atoms with Gasteiger partial charge in [0.2, 0.25) is 5.28 Å². The molecular formula is C25H21ClCuN6O2. The quantitative estimate of drug-likeness (QED) is 0.0852. The summed E-state index contributed by atoms with van der Waals surface area (Å²) in [5.74, 6) is 5.72. The van der Waals surface area contributed by atoms with Crippen LogP contribution in [0.15, 0.2) is 84.4 Å². The third-order valence-electron chi connectivity index (χ3n) is 4.91. The molecule has 5 rings (SSSR count). The largest absolute Gasteiger partial charge is 0.504 e. The van der Waals surface area contributed by atoms with Crippen LogP contribution in [0.3, 0.4) is 0 Å². The summed E-state index contributed by atoms with van der Waals surface area (Å²) in [6.45, 7) is 2.26. The first kappa shape index (κ1) is 25.8. The zero-order valence-electron chi connectivity index (χ0n) is 18.6. The topological polar surface area (TPSA) is 119 Å². The van der Waals surface area contributed by atoms with Crippen molar-refractivity contribution in [3.05, 3.63) is 95.8 Å². The number of hydrogen-bond acceptors (Lipinski definition) is 8. The third-order valence-corrected chi connectivity index (χ3v) is 5.09. The van der Waals surface area contributed by atoms with E-state index < -0.39 is 0 Å². The molecule has 0 saturated heterocycles. The van der Waals surface area contributed by atoms with Gasteiger partial charge in [0.1, 0.15) is 5.71 Å². The van der Waals surface area contributed by atoms with Crippen LogP contribution in [0, 0.1) is 0 Å². The molecule has 0 aliphatic heterocycles. The van der Waals surface area contributed by atoms with Crippen molar-refractivity contribution < 1.29 is 26.9 Å². The van der Waals surface area contributed by atoms with Gasteiger partial charge in [-0.25, -0.2) is 9.97 Å². The van der Waals surface area contributed by atoms with Crippen molar-refractivity contribution in [2.75, 3.05) is 6.61 Å². The predicted octanol–water partition coefficient (Wildman–Crippen LogP) is 4.73. The molecule has 0 atom stereocenters. The molecule has 3 N–H and O–H groups in total. The van der Waals surface area contributed by atoms with Crippen LogP contribution in [0.2, 0.25) is 5.28 Å². The smallest absolute Gasteiger partial charge is 0.222 e. The van der Waals surface area contributed by atoms with Crippen molar-refractivity contribution in [1.29, 1.82) is 0 Å². The number of fused-ring (bicyclic) bond motifs is 3. The van der Waals surface area contributed by atoms with Crippen molar-refractivity contribution in [2.24, 2.45) is 10.9 Å². The Morgan fingerprint density at radius 1 is 0.971 bits per heavy atom. The molecule has 5 aromatic rings. The van der Waals surface area contributed by atoms with E-state index in [2.05, 4.69) is 43.2 Å². The SMILES string of the molecule is CCOc1cccc(C(=NN)c2ccnc(Cl)n2)c1O.[Cu].c1cnc2c(c1)ccc1ncccc12. The van der Waals surface area contributed by atoms with Crippen LogP contribution in [0.5, 0.6) is 11.5 Å². The second-order valence-electron chi connectivity index (χ2n) is 6.98. The first-order valence-corrected chi connectivity index (χ1v) is 10.8. The van der Waals surface area contributed by atoms with Gasteiger partial charge in [0.25, 0.3) is 0 Å². The molecule has 10 heteroatoms. The summed E-state index contributed by atoms with van der Waals surface area (Å²) < 4.78 is 5.33. The van der Waals surface area contributed by atoms with Crippen LogP contribution < -0.4 is 10.6 Å². The first-order valence-electron chi connectivity index (χ1n) is 10.4. The van der Waals surface area contributed by atoms with Crippen molar-refractivity contribution in [1.82, 2.24) is 19.9 Å². The molecule has 8 nitrogen and oxygen atoms in total. The molecule has 0 saturated carbocycles. The zero-order chi connectivity index (χ0) is 23.9. The van der Waals surface area contributed by atoms with Gasteiger partial charge in [-0.05, 0) is 61.0 Å². The third kappa shape index (κ3) is 5.84. The van der Waals surface area contributed by atoms with E-state index >= 15 is 0 Å². The average Bonchev–Trinajstić information content (AvgIpc) is 2.87. The number of hydrazone groups is 1. The van der Waals surface area contributed by atoms with Crippen LogP contribution in [0.1, 0.15) is 18.2 Å². The van der Waals surface area contributed by atoms with Gasteiger partial charge in [0.05, 0.1) is 23.3 Å². The Labute approximate surface area is 217 Å². The molecule has 0 unspecified atom stereocenters. The molecule has 0 bridgehead atoms. The Hall–Kier alpha value is -3.78. The Morgan fingerprint density at radius 3 is 2.54 bits per heavy atom. The first-order chi connectivity index (χ1) is 16.6. The molecule has 0 amide bonds. The maximum absolute atomic E-state index is 10.2. The van der Waals surface area contributed by atoms with Crippen molar-refractivity contribution in [2.45, 2.75) is 6.92 Å². The second kappa shape index (κ2) is 12.1. The van der Waals surface area contributed by atoms with E-state index in [9.17, 15) is 5.11 Å². The van der Waals surface area contributed by atoms with Crippen LogP contribution in [-0.2, 0) is 17.1 Å². The molecule has 181 valence electrons. The summed E-state index contributed by atoms with van der Waals surface area (Å²) >= 11 is 5.75. The zero-order valence-corrected chi connectivity index (χ0v) is 20.3. The molecule has 2 aromatic carbocycles. The van der Waals surface area contributed by atoms with Gasteiger partial charge < -0.3 is 15.7 Å². The summed E-state index contributed by atoms with van der Waals surface area (Å²) in [7, 11) is 0. The predicted molar refractivity (Wildman–Crippen MR) is 133 cm³/mol. The molecule has 0 fully saturated rings. The Kier molecular flexibility index (Phi) is 8.92. The van der Waals surface area contributed by atoms with Gasteiger partial charge >= 0.3 is 0 Å². The number of nitrogens with two attached hydrogens (primary N) is 1. The van der Waals surface area contributed by atoms with Crippen molar-refractivity contribution in [3.8, 4) is 11.5 Å². The molecule has 3 heterocycles. The number of phenols is 1. The van der Waals surface area contributed by atoms with Gasteiger partial charge in [0, 0.05) is 52.0 Å². The number of benzene rings is 2. The summed E-state index contributed by atoms with van der Waals surface area (Å²) in [5.41, 5.74) is 3.15. The molecule has 3 aromatic heterocycles. The second-order valence-corrected chi connectivity index (χ2v) is 7.32. The van der Waals surface area contributed by atoms with Gasteiger partial charge in [0.15, 0.2) is 11.5 Å². The summed E-state index contributed by atoms with van der Waals surface area (Å²) in [4.78, 5) is 16.5. The van der Waals surface area contributed by atoms with Gasteiger partial charge in [-0.2, -0.15) is 5.10 Å². The van der Waals surface area contributed by atoms with Crippen LogP contribution >= 0.6 is 11.6 Å². The maximum atomic E-state index is 10.2. The fourth-order valence-electron chi connectivity index (χ4n) is 3.42. The fraction of sp³-hybridized carbons (Fsp3) is 0.0800. The van der Waals surface area contributed by atoms with Crippen molar-refractivity contribution >= 4 is 39.1 Å². The van der Waals surface area contributed by atoms with E-state index in [-0.39, 0.29) is 28.1 Å². The Morgan fingerprint density at radius 2 is 1.77 bits per heavy atom. The van der Waals surface area contributed by atoms with Gasteiger partial charge in [-0.15, -0.1) is 0 Å². The summed E-state index contributed by atoms with van der Waals surface area (Å²) in [6, 6.07) is 18.7. The fourth-order valence-corrected chi connectivity index (χ4v) is 3.57. The van der Waals surface area contributed by atoms with Crippen LogP contribution in [0.25, 0.3) is 21.8 Å². The van der Waals surface area contributed by atoms with Crippen molar-refractivity contribution in [3.63, 3.8) is 0 Å². The number of para-hydroxylation sites is 1. The molecule has 0 aliphatic carbocycles. The van der Waals surface area contributed by atoms with E-state index in [1.165, 1.54) is 6.20 Å². The number of aromatic hydroxyl groups is 1. The van der Waals surface area contributed by atoms with Crippen LogP contribution in [0.4, 0.5) is 0 Å².